The Morgan fingerprint density at radius 3 is 2.38 bits per heavy atom. The average molecular weight is 283 g/mol. The predicted molar refractivity (Wildman–Crippen MR) is 85.8 cm³/mol. The van der Waals surface area contributed by atoms with Crippen LogP contribution in [0.5, 0.6) is 5.75 Å². The third kappa shape index (κ3) is 4.63. The number of hydrogen-bond acceptors (Lipinski definition) is 2. The zero-order chi connectivity index (χ0) is 15.2. The molecule has 3 heteroatoms. The highest BCUT2D eigenvalue weighted by atomic mass is 16.5. The van der Waals surface area contributed by atoms with Crippen molar-refractivity contribution >= 4 is 11.6 Å². The van der Waals surface area contributed by atoms with Crippen LogP contribution in [-0.2, 0) is 4.79 Å². The van der Waals surface area contributed by atoms with Gasteiger partial charge in [0, 0.05) is 5.69 Å². The lowest BCUT2D eigenvalue weighted by Gasteiger charge is -2.10. The maximum Gasteiger partial charge on any atom is 0.227 e. The molecule has 0 atom stereocenters. The number of benzene rings is 2. The first-order valence-electron chi connectivity index (χ1n) is 7.11. The van der Waals surface area contributed by atoms with Crippen molar-refractivity contribution in [3.05, 3.63) is 59.2 Å². The van der Waals surface area contributed by atoms with Crippen LogP contribution in [0.25, 0.3) is 0 Å². The first-order chi connectivity index (χ1) is 10.0. The summed E-state index contributed by atoms with van der Waals surface area (Å²) in [6, 6.07) is 13.8. The molecule has 0 heterocycles. The van der Waals surface area contributed by atoms with E-state index in [4.69, 9.17) is 4.74 Å². The number of carbonyl (C=O) groups excluding carboxylic acids is 1. The Kier molecular flexibility index (Phi) is 4.99. The van der Waals surface area contributed by atoms with Crippen LogP contribution in [0, 0.1) is 20.8 Å². The van der Waals surface area contributed by atoms with Gasteiger partial charge >= 0.3 is 0 Å². The minimum atomic E-state index is -0.0317. The van der Waals surface area contributed by atoms with Crippen LogP contribution in [0.4, 0.5) is 5.69 Å². The molecule has 0 fully saturated rings. The molecule has 21 heavy (non-hydrogen) atoms. The molecule has 0 saturated heterocycles. The van der Waals surface area contributed by atoms with E-state index in [1.165, 1.54) is 5.56 Å². The lowest BCUT2D eigenvalue weighted by molar-refractivity contribution is -0.116. The molecule has 1 amide bonds. The first-order valence-corrected chi connectivity index (χ1v) is 7.11. The summed E-state index contributed by atoms with van der Waals surface area (Å²) >= 11 is 0. The van der Waals surface area contributed by atoms with E-state index >= 15 is 0 Å². The van der Waals surface area contributed by atoms with Crippen molar-refractivity contribution < 1.29 is 9.53 Å². The molecule has 2 aromatic rings. The zero-order valence-corrected chi connectivity index (χ0v) is 12.8. The Hall–Kier alpha value is -2.29. The molecule has 0 aromatic heterocycles. The molecule has 0 aliphatic rings. The van der Waals surface area contributed by atoms with E-state index in [9.17, 15) is 4.79 Å². The third-order valence-electron chi connectivity index (χ3n) is 3.29. The molecule has 0 radical (unpaired) electrons. The molecule has 0 bridgehead atoms. The van der Waals surface area contributed by atoms with Gasteiger partial charge in [-0.25, -0.2) is 0 Å². The van der Waals surface area contributed by atoms with Gasteiger partial charge in [0.05, 0.1) is 13.0 Å². The summed E-state index contributed by atoms with van der Waals surface area (Å²) in [4.78, 5) is 11.9. The molecular weight excluding hydrogens is 262 g/mol. The summed E-state index contributed by atoms with van der Waals surface area (Å²) in [5, 5.41) is 2.93. The summed E-state index contributed by atoms with van der Waals surface area (Å²) in [5.41, 5.74) is 4.26. The van der Waals surface area contributed by atoms with Crippen LogP contribution in [0.1, 0.15) is 23.1 Å². The number of anilines is 1. The molecule has 2 rings (SSSR count). The lowest BCUT2D eigenvalue weighted by atomic mass is 10.1. The Balaban J connectivity index is 1.82. The van der Waals surface area contributed by atoms with Gasteiger partial charge in [-0.05, 0) is 50.1 Å². The molecule has 1 N–H and O–H groups in total. The topological polar surface area (TPSA) is 38.3 Å². The molecule has 0 aliphatic heterocycles. The van der Waals surface area contributed by atoms with Crippen LogP contribution in [0.3, 0.4) is 0 Å². The molecule has 0 aliphatic carbocycles. The third-order valence-corrected chi connectivity index (χ3v) is 3.29. The fourth-order valence-electron chi connectivity index (χ4n) is 1.98. The van der Waals surface area contributed by atoms with E-state index in [-0.39, 0.29) is 5.91 Å². The number of ether oxygens (including phenoxy) is 1. The van der Waals surface area contributed by atoms with E-state index in [1.807, 2.05) is 63.2 Å². The molecule has 2 aromatic carbocycles. The second kappa shape index (κ2) is 6.93. The molecule has 3 nitrogen and oxygen atoms in total. The van der Waals surface area contributed by atoms with Gasteiger partial charge in [0.2, 0.25) is 5.91 Å². The summed E-state index contributed by atoms with van der Waals surface area (Å²) in [5.74, 6) is 0.760. The molecular formula is C18H21NO2. The monoisotopic (exact) mass is 283 g/mol. The summed E-state index contributed by atoms with van der Waals surface area (Å²) in [7, 11) is 0. The van der Waals surface area contributed by atoms with Crippen LogP contribution < -0.4 is 10.1 Å². The van der Waals surface area contributed by atoms with E-state index in [0.29, 0.717) is 13.0 Å². The highest BCUT2D eigenvalue weighted by Gasteiger charge is 2.05. The van der Waals surface area contributed by atoms with Crippen LogP contribution in [0.15, 0.2) is 42.5 Å². The SMILES string of the molecule is Cc1ccc(OCCC(=O)Nc2cc(C)ccc2C)cc1. The van der Waals surface area contributed by atoms with Crippen molar-refractivity contribution in [1.29, 1.82) is 0 Å². The van der Waals surface area contributed by atoms with Crippen LogP contribution in [0.2, 0.25) is 0 Å². The van der Waals surface area contributed by atoms with Gasteiger partial charge < -0.3 is 10.1 Å². The van der Waals surface area contributed by atoms with Crippen molar-refractivity contribution in [1.82, 2.24) is 0 Å². The van der Waals surface area contributed by atoms with Gasteiger partial charge in [-0.2, -0.15) is 0 Å². The zero-order valence-electron chi connectivity index (χ0n) is 12.8. The van der Waals surface area contributed by atoms with E-state index in [1.54, 1.807) is 0 Å². The van der Waals surface area contributed by atoms with E-state index in [0.717, 1.165) is 22.6 Å². The standard InChI is InChI=1S/C18H21NO2/c1-13-5-8-16(9-6-13)21-11-10-18(20)19-17-12-14(2)4-7-15(17)3/h4-9,12H,10-11H2,1-3H3,(H,19,20). The average Bonchev–Trinajstić information content (AvgIpc) is 2.45. The maximum atomic E-state index is 11.9. The van der Waals surface area contributed by atoms with Crippen molar-refractivity contribution in [2.75, 3.05) is 11.9 Å². The minimum Gasteiger partial charge on any atom is -0.493 e. The van der Waals surface area contributed by atoms with Gasteiger partial charge in [0.25, 0.3) is 0 Å². The number of hydrogen-bond donors (Lipinski definition) is 1. The lowest BCUT2D eigenvalue weighted by Crippen LogP contribution is -2.16. The fourth-order valence-corrected chi connectivity index (χ4v) is 1.98. The number of rotatable bonds is 5. The Morgan fingerprint density at radius 1 is 1.00 bits per heavy atom. The van der Waals surface area contributed by atoms with E-state index < -0.39 is 0 Å². The Bertz CT molecular complexity index is 618. The second-order valence-corrected chi connectivity index (χ2v) is 5.28. The van der Waals surface area contributed by atoms with E-state index in [2.05, 4.69) is 5.32 Å². The Morgan fingerprint density at radius 2 is 1.67 bits per heavy atom. The van der Waals surface area contributed by atoms with Gasteiger partial charge in [0.1, 0.15) is 5.75 Å². The van der Waals surface area contributed by atoms with Crippen molar-refractivity contribution in [2.24, 2.45) is 0 Å². The Labute approximate surface area is 126 Å². The summed E-state index contributed by atoms with van der Waals surface area (Å²) in [6.07, 6.45) is 0.335. The van der Waals surface area contributed by atoms with Gasteiger partial charge in [-0.3, -0.25) is 4.79 Å². The van der Waals surface area contributed by atoms with Gasteiger partial charge in [-0.15, -0.1) is 0 Å². The second-order valence-electron chi connectivity index (χ2n) is 5.28. The summed E-state index contributed by atoms with van der Waals surface area (Å²) in [6.45, 7) is 6.40. The maximum absolute atomic E-state index is 11.9. The first kappa shape index (κ1) is 15.1. The van der Waals surface area contributed by atoms with Crippen LogP contribution in [-0.4, -0.2) is 12.5 Å². The quantitative estimate of drug-likeness (QED) is 0.900. The van der Waals surface area contributed by atoms with Crippen molar-refractivity contribution in [2.45, 2.75) is 27.2 Å². The number of nitrogens with one attached hydrogen (secondary N) is 1. The highest BCUT2D eigenvalue weighted by Crippen LogP contribution is 2.17. The highest BCUT2D eigenvalue weighted by molar-refractivity contribution is 5.91. The smallest absolute Gasteiger partial charge is 0.227 e. The molecule has 0 saturated carbocycles. The van der Waals surface area contributed by atoms with Gasteiger partial charge in [0.15, 0.2) is 0 Å². The van der Waals surface area contributed by atoms with Crippen LogP contribution >= 0.6 is 0 Å². The number of aryl methyl sites for hydroxylation is 3. The largest absolute Gasteiger partial charge is 0.493 e. The summed E-state index contributed by atoms with van der Waals surface area (Å²) < 4.78 is 5.56. The normalized spacial score (nSPS) is 10.2. The van der Waals surface area contributed by atoms with Crippen molar-refractivity contribution in [3.8, 4) is 5.75 Å². The molecule has 110 valence electrons. The van der Waals surface area contributed by atoms with Gasteiger partial charge in [-0.1, -0.05) is 29.8 Å². The van der Waals surface area contributed by atoms with Crippen molar-refractivity contribution in [3.63, 3.8) is 0 Å². The molecule has 0 spiro atoms. The number of amides is 1. The molecule has 0 unspecified atom stereocenters. The number of carbonyl (C=O) groups is 1. The predicted octanol–water partition coefficient (Wildman–Crippen LogP) is 4.02. The fraction of sp³-hybridized carbons (Fsp3) is 0.278. The minimum absolute atomic E-state index is 0.0317.